The lowest BCUT2D eigenvalue weighted by molar-refractivity contribution is -0.114. The molecule has 346 valence electrons. The van der Waals surface area contributed by atoms with Crippen LogP contribution in [0.4, 0.5) is 11.4 Å². The number of pyridine rings is 1. The summed E-state index contributed by atoms with van der Waals surface area (Å²) in [5.74, 6) is 0.798. The van der Waals surface area contributed by atoms with Crippen LogP contribution >= 0.6 is 0 Å². The fourth-order valence-electron chi connectivity index (χ4n) is 7.58. The van der Waals surface area contributed by atoms with E-state index in [9.17, 15) is 14.7 Å². The number of unbranched alkanes of at least 4 members (excludes halogenated alkanes) is 3. The summed E-state index contributed by atoms with van der Waals surface area (Å²) in [5.41, 5.74) is 4.43. The Morgan fingerprint density at radius 2 is 1.48 bits per heavy atom. The Morgan fingerprint density at radius 3 is 2.08 bits per heavy atom. The zero-order valence-electron chi connectivity index (χ0n) is 39.2. The number of piperidine rings is 1. The monoisotopic (exact) mass is 854 g/mol. The van der Waals surface area contributed by atoms with Crippen molar-refractivity contribution in [1.82, 2.24) is 14.8 Å². The number of aromatic nitrogens is 1. The highest BCUT2D eigenvalue weighted by molar-refractivity contribution is 5.74. The SMILES string of the molecule is C=C(CN(C)c1cnccc1C1(C=O)CCN(C)CC1)N(CCCCOCCCCCOCCOCCOCC(C)C)c1ccc(O)cc1C.CC.O=CCCN1CCCC1. The van der Waals surface area contributed by atoms with Crippen LogP contribution < -0.4 is 9.80 Å². The van der Waals surface area contributed by atoms with Gasteiger partial charge in [0, 0.05) is 70.6 Å². The van der Waals surface area contributed by atoms with Crippen LogP contribution in [-0.4, -0.2) is 145 Å². The maximum absolute atomic E-state index is 12.6. The number of carbonyl (C=O) groups is 2. The van der Waals surface area contributed by atoms with E-state index in [2.05, 4.69) is 52.1 Å². The first kappa shape index (κ1) is 53.7. The van der Waals surface area contributed by atoms with E-state index in [0.29, 0.717) is 51.9 Å². The van der Waals surface area contributed by atoms with Gasteiger partial charge in [0.25, 0.3) is 0 Å². The predicted octanol–water partition coefficient (Wildman–Crippen LogP) is 8.08. The molecule has 1 aromatic carbocycles. The van der Waals surface area contributed by atoms with Crippen LogP contribution in [0, 0.1) is 12.8 Å². The number of benzene rings is 1. The van der Waals surface area contributed by atoms with Crippen LogP contribution in [0.2, 0.25) is 0 Å². The minimum Gasteiger partial charge on any atom is -0.508 e. The fraction of sp³-hybridized carbons (Fsp3) is 0.694. The largest absolute Gasteiger partial charge is 0.508 e. The summed E-state index contributed by atoms with van der Waals surface area (Å²) in [6, 6.07) is 7.49. The molecular weight excluding hydrogens is 771 g/mol. The number of rotatable bonds is 29. The van der Waals surface area contributed by atoms with Gasteiger partial charge < -0.3 is 53.2 Å². The molecule has 12 nitrogen and oxygen atoms in total. The summed E-state index contributed by atoms with van der Waals surface area (Å²) in [7, 11) is 4.15. The second-order valence-electron chi connectivity index (χ2n) is 16.6. The lowest BCUT2D eigenvalue weighted by atomic mass is 9.73. The number of likely N-dealkylation sites (N-methyl/N-ethyl adjacent to an activating group) is 1. The van der Waals surface area contributed by atoms with E-state index in [1.54, 1.807) is 18.3 Å². The molecule has 0 spiro atoms. The van der Waals surface area contributed by atoms with Crippen molar-refractivity contribution in [2.24, 2.45) is 5.92 Å². The van der Waals surface area contributed by atoms with Gasteiger partial charge in [-0.15, -0.1) is 0 Å². The van der Waals surface area contributed by atoms with Crippen molar-refractivity contribution in [2.45, 2.75) is 104 Å². The molecule has 2 saturated heterocycles. The second kappa shape index (κ2) is 32.3. The molecule has 2 aliphatic rings. The highest BCUT2D eigenvalue weighted by Crippen LogP contribution is 2.39. The first-order valence-corrected chi connectivity index (χ1v) is 23.1. The van der Waals surface area contributed by atoms with Crippen LogP contribution in [0.25, 0.3) is 0 Å². The van der Waals surface area contributed by atoms with Crippen molar-refractivity contribution < 1.29 is 33.6 Å². The number of phenols is 1. The Hall–Kier alpha value is -3.39. The van der Waals surface area contributed by atoms with Gasteiger partial charge in [0.2, 0.25) is 0 Å². The van der Waals surface area contributed by atoms with Gasteiger partial charge >= 0.3 is 0 Å². The summed E-state index contributed by atoms with van der Waals surface area (Å²) in [4.78, 5) is 36.0. The summed E-state index contributed by atoms with van der Waals surface area (Å²) >= 11 is 0. The molecular formula is C49H83N5O7. The van der Waals surface area contributed by atoms with Gasteiger partial charge in [0.05, 0.1) is 50.3 Å². The number of aryl methyl sites for hydroxylation is 1. The van der Waals surface area contributed by atoms with Gasteiger partial charge in [-0.3, -0.25) is 4.98 Å². The van der Waals surface area contributed by atoms with Gasteiger partial charge in [0.1, 0.15) is 18.3 Å². The average molecular weight is 854 g/mol. The quantitative estimate of drug-likeness (QED) is 0.0630. The molecule has 2 fully saturated rings. The van der Waals surface area contributed by atoms with Crippen LogP contribution in [0.1, 0.15) is 103 Å². The average Bonchev–Trinajstić information content (AvgIpc) is 3.79. The molecule has 0 atom stereocenters. The maximum atomic E-state index is 12.6. The molecule has 2 aliphatic heterocycles. The number of carbonyl (C=O) groups excluding carboxylic acids is 2. The van der Waals surface area contributed by atoms with E-state index in [1.807, 2.05) is 46.1 Å². The van der Waals surface area contributed by atoms with E-state index in [4.69, 9.17) is 18.9 Å². The number of likely N-dealkylation sites (tertiary alicyclic amines) is 2. The van der Waals surface area contributed by atoms with E-state index >= 15 is 0 Å². The highest BCUT2D eigenvalue weighted by atomic mass is 16.5. The van der Waals surface area contributed by atoms with E-state index in [0.717, 1.165) is 132 Å². The van der Waals surface area contributed by atoms with Crippen LogP contribution in [-0.2, 0) is 34.0 Å². The summed E-state index contributed by atoms with van der Waals surface area (Å²) < 4.78 is 22.7. The summed E-state index contributed by atoms with van der Waals surface area (Å²) in [5, 5.41) is 10.1. The number of ether oxygens (including phenoxy) is 4. The molecule has 1 N–H and O–H groups in total. The van der Waals surface area contributed by atoms with Crippen molar-refractivity contribution in [3.63, 3.8) is 0 Å². The van der Waals surface area contributed by atoms with Crippen molar-refractivity contribution in [3.05, 3.63) is 60.1 Å². The number of hydrogen-bond donors (Lipinski definition) is 1. The lowest BCUT2D eigenvalue weighted by Crippen LogP contribution is -2.43. The van der Waals surface area contributed by atoms with Gasteiger partial charge in [-0.05, 0) is 139 Å². The molecule has 12 heteroatoms. The van der Waals surface area contributed by atoms with Gasteiger partial charge in [-0.2, -0.15) is 0 Å². The molecule has 0 saturated carbocycles. The topological polar surface area (TPSA) is 117 Å². The minimum absolute atomic E-state index is 0.249. The molecule has 0 bridgehead atoms. The Labute approximate surface area is 369 Å². The van der Waals surface area contributed by atoms with Gasteiger partial charge in [0.15, 0.2) is 0 Å². The van der Waals surface area contributed by atoms with E-state index in [1.165, 1.54) is 25.9 Å². The van der Waals surface area contributed by atoms with E-state index in [-0.39, 0.29) is 5.75 Å². The lowest BCUT2D eigenvalue weighted by Gasteiger charge is -2.39. The Kier molecular flexibility index (Phi) is 28.5. The second-order valence-corrected chi connectivity index (χ2v) is 16.6. The first-order valence-electron chi connectivity index (χ1n) is 23.1. The van der Waals surface area contributed by atoms with E-state index < -0.39 is 5.41 Å². The molecule has 1 aromatic heterocycles. The van der Waals surface area contributed by atoms with Crippen molar-refractivity contribution in [2.75, 3.05) is 123 Å². The summed E-state index contributed by atoms with van der Waals surface area (Å²) in [6.07, 6.45) is 15.7. The van der Waals surface area contributed by atoms with Gasteiger partial charge in [-0.25, -0.2) is 0 Å². The maximum Gasteiger partial charge on any atom is 0.130 e. The highest BCUT2D eigenvalue weighted by Gasteiger charge is 2.37. The summed E-state index contributed by atoms with van der Waals surface area (Å²) in [6.45, 7) is 26.8. The molecule has 2 aromatic rings. The van der Waals surface area contributed by atoms with Crippen molar-refractivity contribution in [1.29, 1.82) is 0 Å². The molecule has 0 amide bonds. The molecule has 0 unspecified atom stereocenters. The third kappa shape index (κ3) is 21.0. The van der Waals surface area contributed by atoms with Gasteiger partial charge in [-0.1, -0.05) is 34.3 Å². The first-order chi connectivity index (χ1) is 29.6. The zero-order chi connectivity index (χ0) is 44.7. The number of aldehydes is 2. The van der Waals surface area contributed by atoms with Crippen molar-refractivity contribution >= 4 is 23.9 Å². The third-order valence-electron chi connectivity index (χ3n) is 11.1. The Morgan fingerprint density at radius 1 is 0.869 bits per heavy atom. The van der Waals surface area contributed by atoms with Crippen LogP contribution in [0.5, 0.6) is 5.75 Å². The predicted molar refractivity (Wildman–Crippen MR) is 250 cm³/mol. The molecule has 4 rings (SSSR count). The number of anilines is 2. The zero-order valence-corrected chi connectivity index (χ0v) is 39.2. The Bertz CT molecular complexity index is 1460. The smallest absolute Gasteiger partial charge is 0.130 e. The number of phenolic OH excluding ortho intramolecular Hbond substituents is 1. The molecule has 3 heterocycles. The standard InChI is InChI=1S/C40H64N4O6.C7H13NO.C2H6/c1-33(2)31-50-27-26-49-25-24-48-22-10-7-9-21-47-23-11-8-18-44(38-13-12-36(46)28-34(38)3)35(4)30-43(6)39-29-41-17-14-37(39)40(32-45)15-19-42(5)20-16-40;9-7-3-6-8-4-1-2-5-8;1-2/h12-14,17,28-29,32-33,46H,4,7-11,15-16,18-27,30-31H2,1-3,5-6H3;7H,1-6H2;1-2H3. The van der Waals surface area contributed by atoms with Crippen LogP contribution in [0.15, 0.2) is 48.9 Å². The molecule has 0 aliphatic carbocycles. The normalized spacial score (nSPS) is 15.1. The molecule has 0 radical (unpaired) electrons. The number of nitrogens with zero attached hydrogens (tertiary/aromatic N) is 5. The third-order valence-corrected chi connectivity index (χ3v) is 11.1. The minimum atomic E-state index is -0.514. The molecule has 61 heavy (non-hydrogen) atoms. The Balaban J connectivity index is 0.00000102. The fourth-order valence-corrected chi connectivity index (χ4v) is 7.58. The number of hydrogen-bond acceptors (Lipinski definition) is 12. The van der Waals surface area contributed by atoms with Crippen molar-refractivity contribution in [3.8, 4) is 5.75 Å². The number of aromatic hydroxyl groups is 1. The van der Waals surface area contributed by atoms with Crippen LogP contribution in [0.3, 0.4) is 0 Å².